The fourth-order valence-corrected chi connectivity index (χ4v) is 5.25. The summed E-state index contributed by atoms with van der Waals surface area (Å²) in [7, 11) is 1.41. The number of aromatic nitrogens is 1. The summed E-state index contributed by atoms with van der Waals surface area (Å²) in [4.78, 5) is 41.7. The van der Waals surface area contributed by atoms with Crippen molar-refractivity contribution in [3.05, 3.63) is 18.0 Å². The molecule has 0 saturated heterocycles. The highest BCUT2D eigenvalue weighted by Gasteiger charge is 2.35. The molecule has 1 aromatic rings. The molecule has 0 aromatic carbocycles. The molecular weight excluding hydrogens is 474 g/mol. The Labute approximate surface area is 220 Å². The second-order valence-electron chi connectivity index (χ2n) is 10.8. The maximum absolute atomic E-state index is 13.1. The SMILES string of the molecule is CC[C@H](CC1CCCC1)[C@@H](OCC1CC1)[C@H](C)OC(=O)[C@H](C)CC(=O)c1nccc(OC)c1OC(C)=O. The maximum atomic E-state index is 13.1. The average molecular weight is 518 g/mol. The third-order valence-electron chi connectivity index (χ3n) is 7.58. The fourth-order valence-electron chi connectivity index (χ4n) is 5.25. The van der Waals surface area contributed by atoms with E-state index in [9.17, 15) is 14.4 Å². The predicted octanol–water partition coefficient (Wildman–Crippen LogP) is 5.56. The lowest BCUT2D eigenvalue weighted by Gasteiger charge is -2.33. The largest absolute Gasteiger partial charge is 0.493 e. The number of rotatable bonds is 15. The molecule has 8 heteroatoms. The van der Waals surface area contributed by atoms with Gasteiger partial charge >= 0.3 is 11.9 Å². The number of hydrogen-bond acceptors (Lipinski definition) is 8. The van der Waals surface area contributed by atoms with E-state index in [1.807, 2.05) is 6.92 Å². The molecule has 0 amide bonds. The van der Waals surface area contributed by atoms with Crippen LogP contribution in [0.1, 0.15) is 96.0 Å². The smallest absolute Gasteiger partial charge is 0.309 e. The van der Waals surface area contributed by atoms with E-state index in [1.165, 1.54) is 64.8 Å². The summed E-state index contributed by atoms with van der Waals surface area (Å²) in [6.45, 7) is 7.70. The van der Waals surface area contributed by atoms with E-state index in [4.69, 9.17) is 18.9 Å². The molecular formula is C29H43NO7. The highest BCUT2D eigenvalue weighted by atomic mass is 16.6. The number of pyridine rings is 1. The van der Waals surface area contributed by atoms with Gasteiger partial charge in [0.2, 0.25) is 5.75 Å². The highest BCUT2D eigenvalue weighted by Crippen LogP contribution is 2.36. The van der Waals surface area contributed by atoms with Gasteiger partial charge in [0.1, 0.15) is 6.10 Å². The number of Topliss-reactive ketones (excluding diaryl/α,β-unsaturated/α-hetero) is 1. The van der Waals surface area contributed by atoms with Crippen LogP contribution in [-0.2, 0) is 19.1 Å². The molecule has 0 N–H and O–H groups in total. The molecule has 1 heterocycles. The van der Waals surface area contributed by atoms with Crippen LogP contribution >= 0.6 is 0 Å². The van der Waals surface area contributed by atoms with E-state index in [0.29, 0.717) is 18.4 Å². The summed E-state index contributed by atoms with van der Waals surface area (Å²) in [6.07, 6.45) is 10.3. The molecule has 0 radical (unpaired) electrons. The highest BCUT2D eigenvalue weighted by molar-refractivity contribution is 5.99. The lowest BCUT2D eigenvalue weighted by molar-refractivity contribution is -0.164. The Bertz CT molecular complexity index is 923. The quantitative estimate of drug-likeness (QED) is 0.220. The van der Waals surface area contributed by atoms with Crippen LogP contribution in [0.2, 0.25) is 0 Å². The van der Waals surface area contributed by atoms with Crippen molar-refractivity contribution in [2.75, 3.05) is 13.7 Å². The predicted molar refractivity (Wildman–Crippen MR) is 139 cm³/mol. The summed E-state index contributed by atoms with van der Waals surface area (Å²) < 4.78 is 22.7. The van der Waals surface area contributed by atoms with Crippen LogP contribution in [0.15, 0.2) is 12.3 Å². The van der Waals surface area contributed by atoms with Crippen LogP contribution in [0.3, 0.4) is 0 Å². The normalized spacial score (nSPS) is 19.1. The van der Waals surface area contributed by atoms with Crippen molar-refractivity contribution in [1.82, 2.24) is 4.98 Å². The molecule has 37 heavy (non-hydrogen) atoms. The Hall–Kier alpha value is -2.48. The molecule has 3 rings (SSSR count). The second-order valence-corrected chi connectivity index (χ2v) is 10.8. The maximum Gasteiger partial charge on any atom is 0.309 e. The molecule has 0 spiro atoms. The number of nitrogens with zero attached hydrogens (tertiary/aromatic N) is 1. The van der Waals surface area contributed by atoms with Gasteiger partial charge in [-0.05, 0) is 43.9 Å². The number of carbonyl (C=O) groups excluding carboxylic acids is 3. The van der Waals surface area contributed by atoms with Crippen LogP contribution in [0, 0.1) is 23.7 Å². The molecule has 2 aliphatic carbocycles. The van der Waals surface area contributed by atoms with Crippen molar-refractivity contribution >= 4 is 17.7 Å². The molecule has 0 bridgehead atoms. The van der Waals surface area contributed by atoms with E-state index in [0.717, 1.165) is 18.8 Å². The van der Waals surface area contributed by atoms with Gasteiger partial charge in [0.05, 0.1) is 19.1 Å². The van der Waals surface area contributed by atoms with Crippen LogP contribution < -0.4 is 9.47 Å². The van der Waals surface area contributed by atoms with Crippen molar-refractivity contribution in [2.24, 2.45) is 23.7 Å². The van der Waals surface area contributed by atoms with E-state index in [2.05, 4.69) is 11.9 Å². The number of esters is 2. The minimum absolute atomic E-state index is 0.0392. The Morgan fingerprint density at radius 1 is 1.08 bits per heavy atom. The van der Waals surface area contributed by atoms with Crippen molar-refractivity contribution in [3.63, 3.8) is 0 Å². The number of hydrogen-bond donors (Lipinski definition) is 0. The Kier molecular flexibility index (Phi) is 10.9. The summed E-state index contributed by atoms with van der Waals surface area (Å²) in [6, 6.07) is 1.51. The first-order valence-electron chi connectivity index (χ1n) is 13.8. The van der Waals surface area contributed by atoms with Crippen molar-refractivity contribution < 1.29 is 33.3 Å². The molecule has 2 aliphatic rings. The van der Waals surface area contributed by atoms with Crippen molar-refractivity contribution in [3.8, 4) is 11.5 Å². The second kappa shape index (κ2) is 13.9. The van der Waals surface area contributed by atoms with Crippen LogP contribution in [0.5, 0.6) is 11.5 Å². The van der Waals surface area contributed by atoms with E-state index < -0.39 is 29.7 Å². The van der Waals surface area contributed by atoms with Gasteiger partial charge in [-0.3, -0.25) is 14.4 Å². The number of ether oxygens (including phenoxy) is 4. The first-order valence-corrected chi connectivity index (χ1v) is 13.8. The molecule has 0 unspecified atom stereocenters. The molecule has 2 fully saturated rings. The summed E-state index contributed by atoms with van der Waals surface area (Å²) in [5.41, 5.74) is -0.0458. The van der Waals surface area contributed by atoms with Crippen molar-refractivity contribution in [1.29, 1.82) is 0 Å². The number of ketones is 1. The summed E-state index contributed by atoms with van der Waals surface area (Å²) in [5, 5.41) is 0. The van der Waals surface area contributed by atoms with Gasteiger partial charge in [-0.1, -0.05) is 46.0 Å². The first-order chi connectivity index (χ1) is 17.7. The van der Waals surface area contributed by atoms with Gasteiger partial charge in [-0.2, -0.15) is 0 Å². The topological polar surface area (TPSA) is 101 Å². The average Bonchev–Trinajstić information content (AvgIpc) is 3.55. The van der Waals surface area contributed by atoms with E-state index in [-0.39, 0.29) is 29.7 Å². The van der Waals surface area contributed by atoms with E-state index >= 15 is 0 Å². The Balaban J connectivity index is 1.64. The van der Waals surface area contributed by atoms with Crippen molar-refractivity contribution in [2.45, 2.75) is 97.7 Å². The van der Waals surface area contributed by atoms with Crippen LogP contribution in [0.25, 0.3) is 0 Å². The summed E-state index contributed by atoms with van der Waals surface area (Å²) >= 11 is 0. The molecule has 4 atom stereocenters. The van der Waals surface area contributed by atoms with Gasteiger partial charge in [0, 0.05) is 32.2 Å². The van der Waals surface area contributed by atoms with Gasteiger partial charge in [0.15, 0.2) is 17.2 Å². The zero-order chi connectivity index (χ0) is 26.9. The summed E-state index contributed by atoms with van der Waals surface area (Å²) in [5.74, 6) is -0.326. The van der Waals surface area contributed by atoms with Gasteiger partial charge in [0.25, 0.3) is 0 Å². The lowest BCUT2D eigenvalue weighted by Crippen LogP contribution is -2.39. The minimum Gasteiger partial charge on any atom is -0.493 e. The van der Waals surface area contributed by atoms with Gasteiger partial charge < -0.3 is 18.9 Å². The molecule has 2 saturated carbocycles. The van der Waals surface area contributed by atoms with Crippen LogP contribution in [-0.4, -0.2) is 48.6 Å². The molecule has 1 aromatic heterocycles. The fraction of sp³-hybridized carbons (Fsp3) is 0.724. The van der Waals surface area contributed by atoms with Crippen LogP contribution in [0.4, 0.5) is 0 Å². The lowest BCUT2D eigenvalue weighted by atomic mass is 9.85. The minimum atomic E-state index is -0.702. The number of carbonyl (C=O) groups is 3. The Morgan fingerprint density at radius 2 is 1.78 bits per heavy atom. The molecule has 0 aliphatic heterocycles. The van der Waals surface area contributed by atoms with E-state index in [1.54, 1.807) is 6.92 Å². The number of methoxy groups -OCH3 is 1. The molecule has 8 nitrogen and oxygen atoms in total. The zero-order valence-corrected chi connectivity index (χ0v) is 23.0. The third-order valence-corrected chi connectivity index (χ3v) is 7.58. The molecule has 206 valence electrons. The first kappa shape index (κ1) is 29.1. The standard InChI is InChI=1S/C29H43NO7/c1-6-23(16-21-9-7-8-10-21)27(35-17-22-11-12-22)19(3)36-29(33)18(2)15-24(32)26-28(37-20(4)31)25(34-5)13-14-30-26/h13-14,18-19,21-23,27H,6-12,15-17H2,1-5H3/t18-,19+,23-,27+/m1/s1. The van der Waals surface area contributed by atoms with Gasteiger partial charge in [-0.25, -0.2) is 4.98 Å². The zero-order valence-electron chi connectivity index (χ0n) is 23.0. The monoisotopic (exact) mass is 517 g/mol. The van der Waals surface area contributed by atoms with Gasteiger partial charge in [-0.15, -0.1) is 0 Å². The third kappa shape index (κ3) is 8.52. The Morgan fingerprint density at radius 3 is 2.38 bits per heavy atom.